The molecule has 0 saturated carbocycles. The molecule has 2 rings (SSSR count). The Morgan fingerprint density at radius 1 is 1.30 bits per heavy atom. The Hall–Kier alpha value is -1.07. The van der Waals surface area contributed by atoms with Gasteiger partial charge in [0.2, 0.25) is 0 Å². The molecule has 0 unspecified atom stereocenters. The molecule has 0 amide bonds. The van der Waals surface area contributed by atoms with E-state index in [1.165, 1.54) is 0 Å². The lowest BCUT2D eigenvalue weighted by atomic mass is 10.3. The minimum absolute atomic E-state index is 0.594. The number of imidazole rings is 1. The monoisotopic (exact) mass is 298 g/mol. The van der Waals surface area contributed by atoms with Crippen molar-refractivity contribution in [3.05, 3.63) is 11.5 Å². The van der Waals surface area contributed by atoms with Gasteiger partial charge in [-0.15, -0.1) is 11.6 Å². The van der Waals surface area contributed by atoms with Crippen molar-refractivity contribution in [3.63, 3.8) is 0 Å². The van der Waals surface area contributed by atoms with Crippen LogP contribution >= 0.6 is 11.6 Å². The van der Waals surface area contributed by atoms with Crippen molar-refractivity contribution in [2.45, 2.75) is 39.2 Å². The Labute approximate surface area is 124 Å². The van der Waals surface area contributed by atoms with E-state index in [0.717, 1.165) is 61.5 Å². The van der Waals surface area contributed by atoms with Crippen molar-refractivity contribution in [1.82, 2.24) is 19.3 Å². The molecule has 0 aliphatic carbocycles. The molecule has 2 aromatic rings. The van der Waals surface area contributed by atoms with E-state index in [4.69, 9.17) is 21.3 Å². The van der Waals surface area contributed by atoms with Crippen LogP contribution in [0.15, 0.2) is 0 Å². The van der Waals surface area contributed by atoms with Gasteiger partial charge < -0.3 is 9.30 Å². The van der Waals surface area contributed by atoms with Crippen LogP contribution in [0.4, 0.5) is 0 Å². The summed E-state index contributed by atoms with van der Waals surface area (Å²) in [5.41, 5.74) is 3.20. The third-order valence-electron chi connectivity index (χ3n) is 3.50. The molecule has 0 saturated heterocycles. The zero-order chi connectivity index (χ0) is 14.5. The average Bonchev–Trinajstić information content (AvgIpc) is 2.94. The molecular formula is C14H23ClN4O. The summed E-state index contributed by atoms with van der Waals surface area (Å²) in [6, 6.07) is 0. The standard InChI is InChI=1S/C14H23ClN4O/c1-4-11-13-14(18(2)17-11)19(9-5-6-10-20-3)12(16-13)7-8-15/h4-10H2,1-3H3. The van der Waals surface area contributed by atoms with E-state index in [0.29, 0.717) is 5.88 Å². The first-order valence-corrected chi connectivity index (χ1v) is 7.72. The molecule has 20 heavy (non-hydrogen) atoms. The number of ether oxygens (including phenoxy) is 1. The van der Waals surface area contributed by atoms with Gasteiger partial charge in [-0.3, -0.25) is 4.68 Å². The Kier molecular flexibility index (Phi) is 5.43. The summed E-state index contributed by atoms with van der Waals surface area (Å²) in [6.07, 6.45) is 3.82. The molecule has 0 fully saturated rings. The van der Waals surface area contributed by atoms with Gasteiger partial charge in [0, 0.05) is 39.6 Å². The van der Waals surface area contributed by atoms with Crippen LogP contribution in [-0.2, 0) is 31.2 Å². The summed E-state index contributed by atoms with van der Waals surface area (Å²) in [7, 11) is 3.72. The smallest absolute Gasteiger partial charge is 0.158 e. The van der Waals surface area contributed by atoms with Gasteiger partial charge in [-0.1, -0.05) is 6.92 Å². The molecule has 0 aliphatic rings. The van der Waals surface area contributed by atoms with Crippen molar-refractivity contribution in [1.29, 1.82) is 0 Å². The minimum Gasteiger partial charge on any atom is -0.385 e. The van der Waals surface area contributed by atoms with Gasteiger partial charge in [0.1, 0.15) is 11.3 Å². The second kappa shape index (κ2) is 7.09. The lowest BCUT2D eigenvalue weighted by molar-refractivity contribution is 0.191. The molecule has 0 spiro atoms. The molecule has 5 nitrogen and oxygen atoms in total. The molecule has 0 aliphatic heterocycles. The quantitative estimate of drug-likeness (QED) is 0.556. The van der Waals surface area contributed by atoms with Crippen LogP contribution in [0.2, 0.25) is 0 Å². The fraction of sp³-hybridized carbons (Fsp3) is 0.714. The molecule has 0 N–H and O–H groups in total. The van der Waals surface area contributed by atoms with Crippen LogP contribution in [-0.4, -0.2) is 38.9 Å². The molecule has 2 aromatic heterocycles. The van der Waals surface area contributed by atoms with Crippen LogP contribution in [0.3, 0.4) is 0 Å². The fourth-order valence-electron chi connectivity index (χ4n) is 2.55. The highest BCUT2D eigenvalue weighted by Gasteiger charge is 2.17. The topological polar surface area (TPSA) is 44.9 Å². The van der Waals surface area contributed by atoms with Gasteiger partial charge >= 0.3 is 0 Å². The summed E-state index contributed by atoms with van der Waals surface area (Å²) in [5, 5.41) is 4.55. The van der Waals surface area contributed by atoms with Crippen LogP contribution in [0.1, 0.15) is 31.3 Å². The lowest BCUT2D eigenvalue weighted by Crippen LogP contribution is -2.09. The number of aromatic nitrogens is 4. The third-order valence-corrected chi connectivity index (χ3v) is 3.69. The predicted octanol–water partition coefficient (Wildman–Crippen LogP) is 2.54. The minimum atomic E-state index is 0.594. The van der Waals surface area contributed by atoms with E-state index < -0.39 is 0 Å². The number of halogens is 1. The number of aryl methyl sites for hydroxylation is 4. The highest BCUT2D eigenvalue weighted by Crippen LogP contribution is 2.21. The fourth-order valence-corrected chi connectivity index (χ4v) is 2.72. The number of alkyl halides is 1. The summed E-state index contributed by atoms with van der Waals surface area (Å²) in [4.78, 5) is 4.76. The first-order valence-electron chi connectivity index (χ1n) is 7.18. The van der Waals surface area contributed by atoms with Gasteiger partial charge in [0.15, 0.2) is 5.65 Å². The summed E-state index contributed by atoms with van der Waals surface area (Å²) in [5.74, 6) is 1.66. The van der Waals surface area contributed by atoms with E-state index in [1.807, 2.05) is 11.7 Å². The molecule has 112 valence electrons. The largest absolute Gasteiger partial charge is 0.385 e. The van der Waals surface area contributed by atoms with Crippen molar-refractivity contribution < 1.29 is 4.74 Å². The highest BCUT2D eigenvalue weighted by molar-refractivity contribution is 6.17. The molecule has 6 heteroatoms. The molecule has 2 heterocycles. The van der Waals surface area contributed by atoms with Crippen molar-refractivity contribution in [3.8, 4) is 0 Å². The van der Waals surface area contributed by atoms with Gasteiger partial charge in [0.25, 0.3) is 0 Å². The normalized spacial score (nSPS) is 11.6. The zero-order valence-electron chi connectivity index (χ0n) is 12.5. The van der Waals surface area contributed by atoms with Crippen molar-refractivity contribution >= 4 is 22.8 Å². The maximum Gasteiger partial charge on any atom is 0.158 e. The van der Waals surface area contributed by atoms with Crippen LogP contribution in [0, 0.1) is 0 Å². The lowest BCUT2D eigenvalue weighted by Gasteiger charge is -2.08. The first kappa shape index (κ1) is 15.3. The van der Waals surface area contributed by atoms with Gasteiger partial charge in [-0.2, -0.15) is 5.10 Å². The summed E-state index contributed by atoms with van der Waals surface area (Å²) in [6.45, 7) is 3.85. The molecule has 0 aromatic carbocycles. The number of methoxy groups -OCH3 is 1. The average molecular weight is 299 g/mol. The Morgan fingerprint density at radius 3 is 2.75 bits per heavy atom. The maximum absolute atomic E-state index is 5.90. The van der Waals surface area contributed by atoms with Gasteiger partial charge in [0.05, 0.1) is 5.69 Å². The Morgan fingerprint density at radius 2 is 2.10 bits per heavy atom. The first-order chi connectivity index (χ1) is 9.72. The number of unbranched alkanes of at least 4 members (excludes halogenated alkanes) is 1. The molecule has 0 radical (unpaired) electrons. The Balaban J connectivity index is 2.32. The van der Waals surface area contributed by atoms with Gasteiger partial charge in [-0.25, -0.2) is 4.98 Å². The third kappa shape index (κ3) is 2.99. The van der Waals surface area contributed by atoms with Crippen molar-refractivity contribution in [2.75, 3.05) is 19.6 Å². The zero-order valence-corrected chi connectivity index (χ0v) is 13.3. The number of nitrogens with zero attached hydrogens (tertiary/aromatic N) is 4. The van der Waals surface area contributed by atoms with Gasteiger partial charge in [-0.05, 0) is 19.3 Å². The number of fused-ring (bicyclic) bond motifs is 1. The van der Waals surface area contributed by atoms with Crippen LogP contribution in [0.5, 0.6) is 0 Å². The number of hydrogen-bond donors (Lipinski definition) is 0. The second-order valence-corrected chi connectivity index (χ2v) is 5.29. The molecule has 0 bridgehead atoms. The maximum atomic E-state index is 5.90. The van der Waals surface area contributed by atoms with Crippen LogP contribution < -0.4 is 0 Å². The predicted molar refractivity (Wildman–Crippen MR) is 81.4 cm³/mol. The molecule has 0 atom stereocenters. The van der Waals surface area contributed by atoms with Crippen molar-refractivity contribution in [2.24, 2.45) is 7.05 Å². The second-order valence-electron chi connectivity index (χ2n) is 4.91. The van der Waals surface area contributed by atoms with E-state index in [9.17, 15) is 0 Å². The summed E-state index contributed by atoms with van der Waals surface area (Å²) < 4.78 is 9.31. The Bertz CT molecular complexity index is 561. The highest BCUT2D eigenvalue weighted by atomic mass is 35.5. The van der Waals surface area contributed by atoms with Crippen LogP contribution in [0.25, 0.3) is 11.2 Å². The molecular weight excluding hydrogens is 276 g/mol. The van der Waals surface area contributed by atoms with E-state index >= 15 is 0 Å². The number of rotatable bonds is 8. The summed E-state index contributed by atoms with van der Waals surface area (Å²) >= 11 is 5.90. The van der Waals surface area contributed by atoms with E-state index in [1.54, 1.807) is 7.11 Å². The SMILES string of the molecule is CCc1nn(C)c2c1nc(CCCl)n2CCCCOC. The van der Waals surface area contributed by atoms with E-state index in [-0.39, 0.29) is 0 Å². The number of hydrogen-bond acceptors (Lipinski definition) is 3. The van der Waals surface area contributed by atoms with E-state index in [2.05, 4.69) is 16.6 Å².